The number of rotatable bonds is 2. The Morgan fingerprint density at radius 3 is 2.82 bits per heavy atom. The SMILES string of the molecule is Nc1cccc2c1OCCC2NC1CCCC1. The summed E-state index contributed by atoms with van der Waals surface area (Å²) in [6.07, 6.45) is 6.41. The zero-order valence-corrected chi connectivity index (χ0v) is 10.1. The van der Waals surface area contributed by atoms with Gasteiger partial charge in [-0.3, -0.25) is 0 Å². The van der Waals surface area contributed by atoms with Crippen LogP contribution in [-0.4, -0.2) is 12.6 Å². The van der Waals surface area contributed by atoms with E-state index in [1.165, 1.54) is 31.2 Å². The fourth-order valence-electron chi connectivity index (χ4n) is 3.00. The van der Waals surface area contributed by atoms with Crippen LogP contribution in [0.5, 0.6) is 5.75 Å². The lowest BCUT2D eigenvalue weighted by Gasteiger charge is -2.30. The molecule has 3 heteroatoms. The van der Waals surface area contributed by atoms with Crippen molar-refractivity contribution < 1.29 is 4.74 Å². The van der Waals surface area contributed by atoms with Gasteiger partial charge in [0.05, 0.1) is 12.3 Å². The third kappa shape index (κ3) is 2.12. The average molecular weight is 232 g/mol. The third-order valence-electron chi connectivity index (χ3n) is 3.90. The number of para-hydroxylation sites is 1. The van der Waals surface area contributed by atoms with E-state index in [9.17, 15) is 0 Å². The van der Waals surface area contributed by atoms with Crippen molar-refractivity contribution >= 4 is 5.69 Å². The average Bonchev–Trinajstić information content (AvgIpc) is 2.83. The first kappa shape index (κ1) is 10.9. The molecule has 1 aliphatic carbocycles. The van der Waals surface area contributed by atoms with Crippen LogP contribution in [0.3, 0.4) is 0 Å². The van der Waals surface area contributed by atoms with Gasteiger partial charge in [-0.15, -0.1) is 0 Å². The molecule has 92 valence electrons. The van der Waals surface area contributed by atoms with Crippen molar-refractivity contribution in [2.75, 3.05) is 12.3 Å². The van der Waals surface area contributed by atoms with E-state index < -0.39 is 0 Å². The Kier molecular flexibility index (Phi) is 2.93. The Labute approximate surface area is 102 Å². The van der Waals surface area contributed by atoms with Gasteiger partial charge < -0.3 is 15.8 Å². The van der Waals surface area contributed by atoms with Gasteiger partial charge in [-0.2, -0.15) is 0 Å². The topological polar surface area (TPSA) is 47.3 Å². The second-order valence-corrected chi connectivity index (χ2v) is 5.10. The molecular formula is C14H20N2O. The van der Waals surface area contributed by atoms with Gasteiger partial charge in [-0.25, -0.2) is 0 Å². The molecule has 1 saturated carbocycles. The van der Waals surface area contributed by atoms with Crippen LogP contribution in [-0.2, 0) is 0 Å². The largest absolute Gasteiger partial charge is 0.491 e. The predicted molar refractivity (Wildman–Crippen MR) is 69.1 cm³/mol. The quantitative estimate of drug-likeness (QED) is 0.771. The molecule has 3 nitrogen and oxygen atoms in total. The molecule has 2 aliphatic rings. The summed E-state index contributed by atoms with van der Waals surface area (Å²) in [7, 11) is 0. The first-order valence-electron chi connectivity index (χ1n) is 6.62. The van der Waals surface area contributed by atoms with Crippen LogP contribution >= 0.6 is 0 Å². The number of ether oxygens (including phenoxy) is 1. The summed E-state index contributed by atoms with van der Waals surface area (Å²) in [4.78, 5) is 0. The predicted octanol–water partition coefficient (Wildman–Crippen LogP) is 2.62. The van der Waals surface area contributed by atoms with Crippen molar-refractivity contribution in [3.8, 4) is 5.75 Å². The number of fused-ring (bicyclic) bond motifs is 1. The van der Waals surface area contributed by atoms with E-state index in [1.807, 2.05) is 12.1 Å². The summed E-state index contributed by atoms with van der Waals surface area (Å²) in [5, 5.41) is 3.77. The molecule has 0 radical (unpaired) electrons. The van der Waals surface area contributed by atoms with Crippen molar-refractivity contribution in [3.63, 3.8) is 0 Å². The first-order valence-corrected chi connectivity index (χ1v) is 6.62. The van der Waals surface area contributed by atoms with Crippen LogP contribution in [0.4, 0.5) is 5.69 Å². The van der Waals surface area contributed by atoms with E-state index in [0.717, 1.165) is 24.5 Å². The lowest BCUT2D eigenvalue weighted by molar-refractivity contribution is 0.245. The molecule has 0 bridgehead atoms. The third-order valence-corrected chi connectivity index (χ3v) is 3.90. The molecule has 1 atom stereocenters. The molecule has 1 aromatic rings. The summed E-state index contributed by atoms with van der Waals surface area (Å²) in [6.45, 7) is 0.769. The first-order chi connectivity index (χ1) is 8.34. The van der Waals surface area contributed by atoms with Crippen LogP contribution in [0.25, 0.3) is 0 Å². The number of nitrogens with one attached hydrogen (secondary N) is 1. The number of hydrogen-bond donors (Lipinski definition) is 2. The van der Waals surface area contributed by atoms with Gasteiger partial charge in [-0.05, 0) is 18.9 Å². The molecule has 1 fully saturated rings. The van der Waals surface area contributed by atoms with Gasteiger partial charge in [-0.1, -0.05) is 25.0 Å². The minimum Gasteiger partial charge on any atom is -0.491 e. The minimum atomic E-state index is 0.422. The van der Waals surface area contributed by atoms with Gasteiger partial charge in [0, 0.05) is 24.1 Å². The standard InChI is InChI=1S/C14H20N2O/c15-12-7-3-6-11-13(8-9-17-14(11)12)16-10-4-1-2-5-10/h3,6-7,10,13,16H,1-2,4-5,8-9,15H2. The van der Waals surface area contributed by atoms with Crippen molar-refractivity contribution in [2.24, 2.45) is 0 Å². The number of hydrogen-bond acceptors (Lipinski definition) is 3. The van der Waals surface area contributed by atoms with Crippen LogP contribution in [0, 0.1) is 0 Å². The molecule has 0 aromatic heterocycles. The second kappa shape index (κ2) is 4.57. The van der Waals surface area contributed by atoms with Crippen LogP contribution < -0.4 is 15.8 Å². The van der Waals surface area contributed by atoms with Crippen molar-refractivity contribution in [3.05, 3.63) is 23.8 Å². The van der Waals surface area contributed by atoms with Gasteiger partial charge in [0.25, 0.3) is 0 Å². The lowest BCUT2D eigenvalue weighted by Crippen LogP contribution is -2.34. The summed E-state index contributed by atoms with van der Waals surface area (Å²) in [6, 6.07) is 7.18. The fourth-order valence-corrected chi connectivity index (χ4v) is 3.00. The van der Waals surface area contributed by atoms with Crippen molar-refractivity contribution in [2.45, 2.75) is 44.2 Å². The summed E-state index contributed by atoms with van der Waals surface area (Å²) in [5.41, 5.74) is 7.96. The Hall–Kier alpha value is -1.22. The molecule has 1 unspecified atom stereocenters. The molecule has 0 spiro atoms. The highest BCUT2D eigenvalue weighted by molar-refractivity contribution is 5.58. The van der Waals surface area contributed by atoms with Gasteiger partial charge in [0.1, 0.15) is 5.75 Å². The fraction of sp³-hybridized carbons (Fsp3) is 0.571. The molecule has 0 amide bonds. The van der Waals surface area contributed by atoms with Crippen LogP contribution in [0.1, 0.15) is 43.7 Å². The number of nitrogen functional groups attached to an aromatic ring is 1. The molecular weight excluding hydrogens is 212 g/mol. The van der Waals surface area contributed by atoms with Crippen LogP contribution in [0.15, 0.2) is 18.2 Å². The Morgan fingerprint density at radius 1 is 1.18 bits per heavy atom. The zero-order chi connectivity index (χ0) is 11.7. The second-order valence-electron chi connectivity index (χ2n) is 5.10. The minimum absolute atomic E-state index is 0.422. The molecule has 3 N–H and O–H groups in total. The normalized spacial score (nSPS) is 24.4. The van der Waals surface area contributed by atoms with Gasteiger partial charge >= 0.3 is 0 Å². The van der Waals surface area contributed by atoms with E-state index >= 15 is 0 Å². The maximum atomic E-state index is 5.96. The number of benzene rings is 1. The molecule has 0 saturated heterocycles. The molecule has 1 heterocycles. The van der Waals surface area contributed by atoms with Crippen molar-refractivity contribution in [1.29, 1.82) is 0 Å². The highest BCUT2D eigenvalue weighted by atomic mass is 16.5. The smallest absolute Gasteiger partial charge is 0.146 e. The van der Waals surface area contributed by atoms with E-state index in [-0.39, 0.29) is 0 Å². The highest BCUT2D eigenvalue weighted by Gasteiger charge is 2.26. The van der Waals surface area contributed by atoms with Gasteiger partial charge in [0.15, 0.2) is 0 Å². The summed E-state index contributed by atoms with van der Waals surface area (Å²) < 4.78 is 5.68. The van der Waals surface area contributed by atoms with E-state index in [1.54, 1.807) is 0 Å². The van der Waals surface area contributed by atoms with E-state index in [4.69, 9.17) is 10.5 Å². The summed E-state index contributed by atoms with van der Waals surface area (Å²) >= 11 is 0. The Balaban J connectivity index is 1.81. The van der Waals surface area contributed by atoms with E-state index in [0.29, 0.717) is 12.1 Å². The monoisotopic (exact) mass is 232 g/mol. The maximum Gasteiger partial charge on any atom is 0.146 e. The molecule has 3 rings (SSSR count). The molecule has 1 aromatic carbocycles. The highest BCUT2D eigenvalue weighted by Crippen LogP contribution is 2.37. The number of anilines is 1. The zero-order valence-electron chi connectivity index (χ0n) is 10.1. The maximum absolute atomic E-state index is 5.96. The molecule has 17 heavy (non-hydrogen) atoms. The molecule has 1 aliphatic heterocycles. The Morgan fingerprint density at radius 2 is 2.00 bits per heavy atom. The lowest BCUT2D eigenvalue weighted by atomic mass is 9.98. The van der Waals surface area contributed by atoms with Gasteiger partial charge in [0.2, 0.25) is 0 Å². The van der Waals surface area contributed by atoms with E-state index in [2.05, 4.69) is 11.4 Å². The van der Waals surface area contributed by atoms with Crippen LogP contribution in [0.2, 0.25) is 0 Å². The van der Waals surface area contributed by atoms with Crippen molar-refractivity contribution in [1.82, 2.24) is 5.32 Å². The summed E-state index contributed by atoms with van der Waals surface area (Å²) in [5.74, 6) is 0.897. The Bertz CT molecular complexity index is 399. The number of nitrogens with two attached hydrogens (primary N) is 1.